The maximum Gasteiger partial charge on any atom is 0.242 e. The Bertz CT molecular complexity index is 586. The predicted octanol–water partition coefficient (Wildman–Crippen LogP) is 2.17. The highest BCUT2D eigenvalue weighted by Crippen LogP contribution is 2.28. The number of likely N-dealkylation sites (N-methyl/N-ethyl adjacent to an activating group) is 1. The monoisotopic (exact) mass is 376 g/mol. The molecule has 0 unspecified atom stereocenters. The lowest BCUT2D eigenvalue weighted by atomic mass is 10.3. The predicted molar refractivity (Wildman–Crippen MR) is 86.2 cm³/mol. The topological polar surface area (TPSA) is 49.9 Å². The number of rotatable bonds is 6. The average molecular weight is 377 g/mol. The minimum absolute atomic E-state index is 0.277. The van der Waals surface area contributed by atoms with Crippen LogP contribution in [0.4, 0.5) is 0 Å². The van der Waals surface area contributed by atoms with E-state index in [0.717, 1.165) is 19.6 Å². The molecule has 1 aromatic rings. The van der Waals surface area contributed by atoms with Crippen LogP contribution in [0.2, 0.25) is 0 Å². The lowest BCUT2D eigenvalue weighted by Crippen LogP contribution is -2.35. The molecule has 0 bridgehead atoms. The number of halogens is 1. The van der Waals surface area contributed by atoms with Gasteiger partial charge in [0, 0.05) is 20.1 Å². The van der Waals surface area contributed by atoms with E-state index >= 15 is 0 Å². The zero-order valence-corrected chi connectivity index (χ0v) is 14.8. The third-order valence-corrected chi connectivity index (χ3v) is 6.23. The molecule has 5 nitrogen and oxygen atoms in total. The molecule has 1 aliphatic heterocycles. The van der Waals surface area contributed by atoms with Gasteiger partial charge in [-0.15, -0.1) is 0 Å². The van der Waals surface area contributed by atoms with Gasteiger partial charge in [0.1, 0.15) is 5.75 Å². The molecule has 0 N–H and O–H groups in total. The minimum Gasteiger partial charge on any atom is -0.496 e. The van der Waals surface area contributed by atoms with Crippen LogP contribution < -0.4 is 4.74 Å². The first-order valence-electron chi connectivity index (χ1n) is 6.97. The summed E-state index contributed by atoms with van der Waals surface area (Å²) in [4.78, 5) is 2.58. The van der Waals surface area contributed by atoms with Crippen molar-refractivity contribution in [2.24, 2.45) is 0 Å². The Morgan fingerprint density at radius 2 is 2.00 bits per heavy atom. The van der Waals surface area contributed by atoms with Gasteiger partial charge in [0.15, 0.2) is 0 Å². The van der Waals surface area contributed by atoms with Gasteiger partial charge in [-0.1, -0.05) is 0 Å². The summed E-state index contributed by atoms with van der Waals surface area (Å²) in [6.07, 6.45) is 2.42. The maximum absolute atomic E-state index is 12.5. The van der Waals surface area contributed by atoms with Crippen LogP contribution in [-0.4, -0.2) is 58.0 Å². The highest BCUT2D eigenvalue weighted by Gasteiger charge is 2.22. The van der Waals surface area contributed by atoms with E-state index in [4.69, 9.17) is 4.74 Å². The van der Waals surface area contributed by atoms with E-state index < -0.39 is 10.0 Å². The summed E-state index contributed by atoms with van der Waals surface area (Å²) in [6.45, 7) is 3.43. The molecule has 0 aromatic heterocycles. The summed E-state index contributed by atoms with van der Waals surface area (Å²) in [7, 11) is -0.277. The molecule has 1 aromatic carbocycles. The van der Waals surface area contributed by atoms with E-state index in [0.29, 0.717) is 16.8 Å². The number of ether oxygens (including phenoxy) is 1. The summed E-state index contributed by atoms with van der Waals surface area (Å²) in [5, 5.41) is 0. The molecule has 118 valence electrons. The Hall–Kier alpha value is -0.630. The molecule has 2 rings (SSSR count). The summed E-state index contributed by atoms with van der Waals surface area (Å²) >= 11 is 3.33. The van der Waals surface area contributed by atoms with Crippen LogP contribution in [0.15, 0.2) is 27.6 Å². The second kappa shape index (κ2) is 7.09. The zero-order chi connectivity index (χ0) is 15.5. The van der Waals surface area contributed by atoms with Crippen LogP contribution in [0, 0.1) is 0 Å². The summed E-state index contributed by atoms with van der Waals surface area (Å²) in [5.41, 5.74) is 0. The van der Waals surface area contributed by atoms with Gasteiger partial charge in [-0.2, -0.15) is 4.31 Å². The standard InChI is InChI=1S/C14H21BrN2O3S/c1-16(9-10-17-7-3-4-8-17)21(18,19)12-5-6-14(20-2)13(15)11-12/h5-6,11H,3-4,7-10H2,1-2H3. The largest absolute Gasteiger partial charge is 0.496 e. The van der Waals surface area contributed by atoms with Crippen LogP contribution in [0.3, 0.4) is 0 Å². The Morgan fingerprint density at radius 3 is 2.57 bits per heavy atom. The fourth-order valence-electron chi connectivity index (χ4n) is 2.40. The Labute approximate surface area is 135 Å². The Morgan fingerprint density at radius 1 is 1.33 bits per heavy atom. The van der Waals surface area contributed by atoms with Crippen LogP contribution in [0.5, 0.6) is 5.75 Å². The average Bonchev–Trinajstić information content (AvgIpc) is 2.97. The first-order chi connectivity index (χ1) is 9.95. The Kier molecular flexibility index (Phi) is 5.65. The van der Waals surface area contributed by atoms with Gasteiger partial charge in [-0.25, -0.2) is 8.42 Å². The quantitative estimate of drug-likeness (QED) is 0.763. The van der Waals surface area contributed by atoms with E-state index in [1.807, 2.05) is 0 Å². The van der Waals surface area contributed by atoms with Gasteiger partial charge in [-0.3, -0.25) is 0 Å². The van der Waals surface area contributed by atoms with E-state index in [9.17, 15) is 8.42 Å². The second-order valence-electron chi connectivity index (χ2n) is 5.17. The molecule has 0 saturated carbocycles. The first kappa shape index (κ1) is 16.7. The summed E-state index contributed by atoms with van der Waals surface area (Å²) in [6, 6.07) is 4.82. The smallest absolute Gasteiger partial charge is 0.242 e. The van der Waals surface area contributed by atoms with Crippen molar-refractivity contribution in [3.63, 3.8) is 0 Å². The molecule has 0 atom stereocenters. The van der Waals surface area contributed by atoms with Crippen molar-refractivity contribution in [1.29, 1.82) is 0 Å². The molecule has 21 heavy (non-hydrogen) atoms. The molecule has 0 spiro atoms. The fraction of sp³-hybridized carbons (Fsp3) is 0.571. The number of nitrogens with zero attached hydrogens (tertiary/aromatic N) is 2. The molecule has 7 heteroatoms. The SMILES string of the molecule is COc1ccc(S(=O)(=O)N(C)CCN2CCCC2)cc1Br. The molecule has 0 amide bonds. The van der Waals surface area contributed by atoms with Gasteiger partial charge in [-0.05, 0) is 60.1 Å². The molecule has 1 fully saturated rings. The van der Waals surface area contributed by atoms with E-state index in [-0.39, 0.29) is 4.90 Å². The fourth-order valence-corrected chi connectivity index (χ4v) is 4.28. The molecular formula is C14H21BrN2O3S. The van der Waals surface area contributed by atoms with Crippen molar-refractivity contribution in [3.05, 3.63) is 22.7 Å². The number of likely N-dealkylation sites (tertiary alicyclic amines) is 1. The van der Waals surface area contributed by atoms with E-state index in [1.54, 1.807) is 32.4 Å². The van der Waals surface area contributed by atoms with Crippen molar-refractivity contribution in [2.75, 3.05) is 40.3 Å². The van der Waals surface area contributed by atoms with Crippen LogP contribution >= 0.6 is 15.9 Å². The molecule has 0 aliphatic carbocycles. The van der Waals surface area contributed by atoms with Gasteiger partial charge in [0.05, 0.1) is 16.5 Å². The molecule has 0 radical (unpaired) electrons. The lowest BCUT2D eigenvalue weighted by molar-refractivity contribution is 0.310. The lowest BCUT2D eigenvalue weighted by Gasteiger charge is -2.21. The zero-order valence-electron chi connectivity index (χ0n) is 12.4. The van der Waals surface area contributed by atoms with Crippen molar-refractivity contribution in [2.45, 2.75) is 17.7 Å². The maximum atomic E-state index is 12.5. The third-order valence-electron chi connectivity index (χ3n) is 3.76. The van der Waals surface area contributed by atoms with Crippen LogP contribution in [-0.2, 0) is 10.0 Å². The minimum atomic E-state index is -3.46. The van der Waals surface area contributed by atoms with Crippen molar-refractivity contribution in [3.8, 4) is 5.75 Å². The summed E-state index contributed by atoms with van der Waals surface area (Å²) in [5.74, 6) is 0.619. The highest BCUT2D eigenvalue weighted by molar-refractivity contribution is 9.10. The molecule has 1 aliphatic rings. The summed E-state index contributed by atoms with van der Waals surface area (Å²) < 4.78 is 32.2. The van der Waals surface area contributed by atoms with Crippen molar-refractivity contribution in [1.82, 2.24) is 9.21 Å². The number of methoxy groups -OCH3 is 1. The van der Waals surface area contributed by atoms with Crippen LogP contribution in [0.1, 0.15) is 12.8 Å². The Balaban J connectivity index is 2.07. The first-order valence-corrected chi connectivity index (χ1v) is 9.20. The third kappa shape index (κ3) is 3.97. The van der Waals surface area contributed by atoms with E-state index in [1.165, 1.54) is 17.1 Å². The van der Waals surface area contributed by atoms with E-state index in [2.05, 4.69) is 20.8 Å². The number of hydrogen-bond donors (Lipinski definition) is 0. The molecular weight excluding hydrogens is 356 g/mol. The molecule has 1 saturated heterocycles. The van der Waals surface area contributed by atoms with Gasteiger partial charge < -0.3 is 9.64 Å². The van der Waals surface area contributed by atoms with Crippen molar-refractivity contribution >= 4 is 26.0 Å². The second-order valence-corrected chi connectivity index (χ2v) is 8.07. The molecule has 1 heterocycles. The van der Waals surface area contributed by atoms with Gasteiger partial charge in [0.2, 0.25) is 10.0 Å². The number of hydrogen-bond acceptors (Lipinski definition) is 4. The van der Waals surface area contributed by atoms with Crippen molar-refractivity contribution < 1.29 is 13.2 Å². The van der Waals surface area contributed by atoms with Gasteiger partial charge >= 0.3 is 0 Å². The number of sulfonamides is 1. The number of benzene rings is 1. The highest BCUT2D eigenvalue weighted by atomic mass is 79.9. The van der Waals surface area contributed by atoms with Gasteiger partial charge in [0.25, 0.3) is 0 Å². The van der Waals surface area contributed by atoms with Crippen LogP contribution in [0.25, 0.3) is 0 Å². The normalized spacial score (nSPS) is 16.6.